The molecule has 0 radical (unpaired) electrons. The molecule has 0 amide bonds. The van der Waals surface area contributed by atoms with Crippen molar-refractivity contribution in [3.8, 4) is 28.8 Å². The molecule has 1 fully saturated rings. The lowest BCUT2D eigenvalue weighted by Crippen LogP contribution is -2.43. The van der Waals surface area contributed by atoms with Crippen LogP contribution in [0.15, 0.2) is 60.9 Å². The fourth-order valence-electron chi connectivity index (χ4n) is 4.42. The highest BCUT2D eigenvalue weighted by Gasteiger charge is 2.29. The second kappa shape index (κ2) is 9.47. The molecule has 0 bridgehead atoms. The number of hydrogen-bond donors (Lipinski definition) is 2. The Morgan fingerprint density at radius 1 is 1.12 bits per heavy atom. The third kappa shape index (κ3) is 4.29. The number of nitrogen functional groups attached to an aromatic ring is 1. The van der Waals surface area contributed by atoms with Gasteiger partial charge in [-0.25, -0.2) is 14.6 Å². The highest BCUT2D eigenvalue weighted by molar-refractivity contribution is 5.98. The van der Waals surface area contributed by atoms with Crippen LogP contribution in [-0.4, -0.2) is 49.1 Å². The van der Waals surface area contributed by atoms with Gasteiger partial charge in [-0.1, -0.05) is 18.2 Å². The summed E-state index contributed by atoms with van der Waals surface area (Å²) in [6.45, 7) is 1.32. The van der Waals surface area contributed by atoms with E-state index in [2.05, 4.69) is 9.97 Å². The summed E-state index contributed by atoms with van der Waals surface area (Å²) in [6.07, 6.45) is 2.51. The average molecular weight is 456 g/mol. The van der Waals surface area contributed by atoms with E-state index in [0.717, 1.165) is 36.4 Å². The molecule has 5 rings (SSSR count). The van der Waals surface area contributed by atoms with Gasteiger partial charge in [-0.15, -0.1) is 0 Å². The van der Waals surface area contributed by atoms with E-state index >= 15 is 0 Å². The van der Waals surface area contributed by atoms with Gasteiger partial charge in [-0.05, 0) is 49.2 Å². The van der Waals surface area contributed by atoms with Gasteiger partial charge in [0, 0.05) is 18.7 Å². The minimum absolute atomic E-state index is 0.00618. The summed E-state index contributed by atoms with van der Waals surface area (Å²) in [7, 11) is 0. The molecular weight excluding hydrogens is 430 g/mol. The predicted molar refractivity (Wildman–Crippen MR) is 128 cm³/mol. The summed E-state index contributed by atoms with van der Waals surface area (Å²) in [5.74, 6) is 1.86. The Morgan fingerprint density at radius 3 is 2.65 bits per heavy atom. The topological polar surface area (TPSA) is 126 Å². The first-order chi connectivity index (χ1) is 16.6. The molecule has 1 aliphatic rings. The first kappa shape index (κ1) is 21.8. The van der Waals surface area contributed by atoms with Crippen LogP contribution >= 0.6 is 0 Å². The van der Waals surface area contributed by atoms with E-state index in [4.69, 9.17) is 20.8 Å². The van der Waals surface area contributed by atoms with Crippen molar-refractivity contribution in [1.82, 2.24) is 24.6 Å². The maximum atomic E-state index is 10.3. The molecule has 9 heteroatoms. The van der Waals surface area contributed by atoms with Crippen LogP contribution < -0.4 is 10.5 Å². The quantitative estimate of drug-likeness (QED) is 0.450. The molecule has 1 aliphatic heterocycles. The Bertz CT molecular complexity index is 1320. The number of benzene rings is 2. The molecule has 2 unspecified atom stereocenters. The van der Waals surface area contributed by atoms with Crippen molar-refractivity contribution in [2.24, 2.45) is 0 Å². The maximum absolute atomic E-state index is 10.3. The summed E-state index contributed by atoms with van der Waals surface area (Å²) < 4.78 is 7.80. The summed E-state index contributed by atoms with van der Waals surface area (Å²) >= 11 is 0. The fraction of sp³-hybridized carbons (Fsp3) is 0.280. The van der Waals surface area contributed by atoms with Gasteiger partial charge in [0.15, 0.2) is 5.65 Å². The first-order valence-corrected chi connectivity index (χ1v) is 11.2. The van der Waals surface area contributed by atoms with Crippen LogP contribution in [0.5, 0.6) is 11.5 Å². The lowest BCUT2D eigenvalue weighted by Gasteiger charge is -2.35. The smallest absolute Gasteiger partial charge is 0.164 e. The van der Waals surface area contributed by atoms with Crippen LogP contribution in [0.3, 0.4) is 0 Å². The van der Waals surface area contributed by atoms with Gasteiger partial charge >= 0.3 is 0 Å². The van der Waals surface area contributed by atoms with E-state index in [1.54, 1.807) is 0 Å². The lowest BCUT2D eigenvalue weighted by molar-refractivity contribution is -0.0170. The second-order valence-electron chi connectivity index (χ2n) is 8.32. The number of aliphatic hydroxyl groups is 1. The zero-order valence-electron chi connectivity index (χ0n) is 18.6. The molecule has 2 aromatic heterocycles. The van der Waals surface area contributed by atoms with Gasteiger partial charge in [0.05, 0.1) is 23.9 Å². The summed E-state index contributed by atoms with van der Waals surface area (Å²) in [5.41, 5.74) is 8.51. The average Bonchev–Trinajstić information content (AvgIpc) is 3.26. The number of rotatable bonds is 6. The molecule has 1 saturated heterocycles. The number of ether oxygens (including phenoxy) is 1. The summed E-state index contributed by atoms with van der Waals surface area (Å²) in [6, 6.07) is 19.3. The number of aromatic nitrogens is 4. The molecule has 3 N–H and O–H groups in total. The van der Waals surface area contributed by atoms with Crippen molar-refractivity contribution in [2.75, 3.05) is 18.8 Å². The van der Waals surface area contributed by atoms with Crippen molar-refractivity contribution in [3.63, 3.8) is 0 Å². The van der Waals surface area contributed by atoms with E-state index < -0.39 is 6.23 Å². The predicted octanol–water partition coefficient (Wildman–Crippen LogP) is 3.74. The maximum Gasteiger partial charge on any atom is 0.164 e. The number of likely N-dealkylation sites (tertiary alicyclic amines) is 1. The molecule has 0 spiro atoms. The number of hydrogen-bond acceptors (Lipinski definition) is 8. The van der Waals surface area contributed by atoms with Crippen molar-refractivity contribution in [3.05, 3.63) is 60.9 Å². The number of piperidine rings is 1. The first-order valence-electron chi connectivity index (χ1n) is 11.2. The van der Waals surface area contributed by atoms with E-state index in [1.807, 2.05) is 70.2 Å². The molecule has 34 heavy (non-hydrogen) atoms. The summed E-state index contributed by atoms with van der Waals surface area (Å²) in [5, 5.41) is 24.9. The van der Waals surface area contributed by atoms with Crippen LogP contribution in [0, 0.1) is 11.3 Å². The lowest BCUT2D eigenvalue weighted by atomic mass is 10.1. The Labute approximate surface area is 197 Å². The van der Waals surface area contributed by atoms with Crippen molar-refractivity contribution < 1.29 is 9.84 Å². The number of para-hydroxylation sites is 1. The molecule has 3 heterocycles. The SMILES string of the molecule is N#CCC(O)N1CCCC(n2nc(-c3ccc(Oc4ccccc4)cc3)c3c(N)ncnc32)C1. The number of anilines is 1. The van der Waals surface area contributed by atoms with E-state index in [1.165, 1.54) is 6.33 Å². The molecule has 172 valence electrons. The van der Waals surface area contributed by atoms with Crippen LogP contribution in [0.25, 0.3) is 22.3 Å². The normalized spacial score (nSPS) is 17.4. The zero-order valence-corrected chi connectivity index (χ0v) is 18.6. The molecule has 0 aliphatic carbocycles. The number of nitrogens with zero attached hydrogens (tertiary/aromatic N) is 6. The van der Waals surface area contributed by atoms with Gasteiger partial charge in [0.25, 0.3) is 0 Å². The van der Waals surface area contributed by atoms with Crippen molar-refractivity contribution in [2.45, 2.75) is 31.5 Å². The molecule has 0 saturated carbocycles. The van der Waals surface area contributed by atoms with Crippen LogP contribution in [0.4, 0.5) is 5.82 Å². The largest absolute Gasteiger partial charge is 0.457 e. The van der Waals surface area contributed by atoms with E-state index in [0.29, 0.717) is 29.1 Å². The van der Waals surface area contributed by atoms with Gasteiger partial charge in [0.2, 0.25) is 0 Å². The standard InChI is InChI=1S/C25H25N7O2/c26-13-12-21(33)31-14-4-5-18(15-31)32-25-22(24(27)28-16-29-25)23(30-32)17-8-10-20(11-9-17)34-19-6-2-1-3-7-19/h1-3,6-11,16,18,21,33H,4-5,12,14-15H2,(H2,27,28,29). The molecule has 2 aromatic carbocycles. The molecular formula is C25H25N7O2. The second-order valence-corrected chi connectivity index (χ2v) is 8.32. The number of nitriles is 1. The fourth-order valence-corrected chi connectivity index (χ4v) is 4.42. The van der Waals surface area contributed by atoms with Gasteiger partial charge in [-0.2, -0.15) is 10.4 Å². The van der Waals surface area contributed by atoms with Crippen molar-refractivity contribution >= 4 is 16.9 Å². The number of fused-ring (bicyclic) bond motifs is 1. The van der Waals surface area contributed by atoms with E-state index in [9.17, 15) is 5.11 Å². The Kier molecular flexibility index (Phi) is 6.08. The minimum atomic E-state index is -0.786. The van der Waals surface area contributed by atoms with E-state index in [-0.39, 0.29) is 12.5 Å². The molecule has 4 aromatic rings. The monoisotopic (exact) mass is 455 g/mol. The van der Waals surface area contributed by atoms with Gasteiger partial charge in [-0.3, -0.25) is 4.90 Å². The third-order valence-electron chi connectivity index (χ3n) is 6.09. The Hall–Kier alpha value is -4.00. The number of nitrogens with two attached hydrogens (primary N) is 1. The van der Waals surface area contributed by atoms with Crippen LogP contribution in [-0.2, 0) is 0 Å². The minimum Gasteiger partial charge on any atom is -0.457 e. The Balaban J connectivity index is 1.48. The van der Waals surface area contributed by atoms with Gasteiger partial charge < -0.3 is 15.6 Å². The summed E-state index contributed by atoms with van der Waals surface area (Å²) in [4.78, 5) is 10.6. The molecule has 2 atom stereocenters. The molecule has 9 nitrogen and oxygen atoms in total. The third-order valence-corrected chi connectivity index (χ3v) is 6.09. The Morgan fingerprint density at radius 2 is 1.88 bits per heavy atom. The highest BCUT2D eigenvalue weighted by Crippen LogP contribution is 2.35. The number of aliphatic hydroxyl groups excluding tert-OH is 1. The van der Waals surface area contributed by atoms with Crippen LogP contribution in [0.1, 0.15) is 25.3 Å². The van der Waals surface area contributed by atoms with Crippen molar-refractivity contribution in [1.29, 1.82) is 5.26 Å². The zero-order chi connectivity index (χ0) is 23.5. The van der Waals surface area contributed by atoms with Crippen LogP contribution in [0.2, 0.25) is 0 Å². The van der Waals surface area contributed by atoms with Gasteiger partial charge in [0.1, 0.15) is 35.6 Å². The highest BCUT2D eigenvalue weighted by atomic mass is 16.5.